The minimum Gasteiger partial charge on any atom is -0.390 e. The molecule has 0 unspecified atom stereocenters. The fourth-order valence-corrected chi connectivity index (χ4v) is 1.94. The van der Waals surface area contributed by atoms with E-state index >= 15 is 0 Å². The molecule has 0 aliphatic carbocycles. The summed E-state index contributed by atoms with van der Waals surface area (Å²) >= 11 is 0. The van der Waals surface area contributed by atoms with Crippen LogP contribution in [0.1, 0.15) is 29.6 Å². The predicted molar refractivity (Wildman–Crippen MR) is 60.4 cm³/mol. The van der Waals surface area contributed by atoms with Crippen LogP contribution >= 0.6 is 0 Å². The van der Waals surface area contributed by atoms with Gasteiger partial charge in [0.15, 0.2) is 5.78 Å². The summed E-state index contributed by atoms with van der Waals surface area (Å²) in [6.45, 7) is 0.643. The average molecular weight is 220 g/mol. The van der Waals surface area contributed by atoms with Crippen LogP contribution in [0.15, 0.2) is 30.3 Å². The molecule has 0 aromatic heterocycles. The lowest BCUT2D eigenvalue weighted by molar-refractivity contribution is -0.0724. The van der Waals surface area contributed by atoms with Crippen molar-refractivity contribution in [3.63, 3.8) is 0 Å². The zero-order chi connectivity index (χ0) is 11.4. The maximum atomic E-state index is 11.9. The number of carbonyl (C=O) groups is 1. The molecule has 0 saturated carbocycles. The van der Waals surface area contributed by atoms with Gasteiger partial charge in [0.2, 0.25) is 0 Å². The summed E-state index contributed by atoms with van der Waals surface area (Å²) in [6, 6.07) is 9.13. The van der Waals surface area contributed by atoms with Gasteiger partial charge >= 0.3 is 0 Å². The van der Waals surface area contributed by atoms with Crippen molar-refractivity contribution in [2.45, 2.75) is 31.5 Å². The number of Topliss-reactive ketones (excluding diaryl/α,β-unsaturated/α-hetero) is 1. The van der Waals surface area contributed by atoms with E-state index in [0.29, 0.717) is 12.2 Å². The molecule has 1 fully saturated rings. The second-order valence-corrected chi connectivity index (χ2v) is 4.11. The molecule has 1 aromatic rings. The van der Waals surface area contributed by atoms with Gasteiger partial charge in [-0.3, -0.25) is 4.79 Å². The lowest BCUT2D eigenvalue weighted by Crippen LogP contribution is -2.35. The number of hydrogen-bond acceptors (Lipinski definition) is 3. The van der Waals surface area contributed by atoms with Gasteiger partial charge in [0.05, 0.1) is 12.2 Å². The second kappa shape index (κ2) is 5.23. The van der Waals surface area contributed by atoms with Crippen LogP contribution in [0, 0.1) is 0 Å². The van der Waals surface area contributed by atoms with Crippen molar-refractivity contribution in [1.82, 2.24) is 0 Å². The maximum Gasteiger partial charge on any atom is 0.165 e. The van der Waals surface area contributed by atoms with Crippen molar-refractivity contribution in [2.24, 2.45) is 0 Å². The summed E-state index contributed by atoms with van der Waals surface area (Å²) in [4.78, 5) is 11.9. The number of aliphatic hydroxyl groups is 1. The summed E-state index contributed by atoms with van der Waals surface area (Å²) in [5.74, 6) is 0.0338. The van der Waals surface area contributed by atoms with Crippen LogP contribution < -0.4 is 0 Å². The Labute approximate surface area is 95.0 Å². The number of ether oxygens (including phenoxy) is 1. The highest BCUT2D eigenvalue weighted by Crippen LogP contribution is 2.18. The molecule has 3 nitrogen and oxygen atoms in total. The maximum absolute atomic E-state index is 11.9. The molecular weight excluding hydrogens is 204 g/mol. The zero-order valence-electron chi connectivity index (χ0n) is 9.13. The van der Waals surface area contributed by atoms with E-state index in [9.17, 15) is 9.90 Å². The minimum atomic E-state index is -0.499. The number of carbonyl (C=O) groups excluding carboxylic acids is 1. The smallest absolute Gasteiger partial charge is 0.165 e. The van der Waals surface area contributed by atoms with E-state index in [1.165, 1.54) is 0 Å². The molecule has 1 aromatic carbocycles. The van der Waals surface area contributed by atoms with Crippen molar-refractivity contribution < 1.29 is 14.6 Å². The number of ketones is 1. The molecule has 16 heavy (non-hydrogen) atoms. The Morgan fingerprint density at radius 2 is 2.12 bits per heavy atom. The number of rotatable bonds is 3. The quantitative estimate of drug-likeness (QED) is 0.790. The van der Waals surface area contributed by atoms with Crippen LogP contribution in [0.25, 0.3) is 0 Å². The van der Waals surface area contributed by atoms with Crippen LogP contribution in [0.3, 0.4) is 0 Å². The van der Waals surface area contributed by atoms with Crippen molar-refractivity contribution in [3.8, 4) is 0 Å². The highest BCUT2D eigenvalue weighted by Gasteiger charge is 2.26. The van der Waals surface area contributed by atoms with Crippen LogP contribution in [0.2, 0.25) is 0 Å². The number of benzene rings is 1. The van der Waals surface area contributed by atoms with Crippen LogP contribution in [0.4, 0.5) is 0 Å². The highest BCUT2D eigenvalue weighted by atomic mass is 16.5. The van der Waals surface area contributed by atoms with Gasteiger partial charge in [0.25, 0.3) is 0 Å². The summed E-state index contributed by atoms with van der Waals surface area (Å²) < 4.78 is 5.41. The minimum absolute atomic E-state index is 0.0338. The summed E-state index contributed by atoms with van der Waals surface area (Å²) in [6.07, 6.45) is 1.04. The van der Waals surface area contributed by atoms with Crippen LogP contribution in [0.5, 0.6) is 0 Å². The fourth-order valence-electron chi connectivity index (χ4n) is 1.94. The van der Waals surface area contributed by atoms with E-state index < -0.39 is 6.10 Å². The lowest BCUT2D eigenvalue weighted by atomic mass is 9.98. The molecule has 0 radical (unpaired) electrons. The average Bonchev–Trinajstić information content (AvgIpc) is 2.33. The molecule has 1 aliphatic rings. The van der Waals surface area contributed by atoms with E-state index in [-0.39, 0.29) is 18.3 Å². The van der Waals surface area contributed by atoms with E-state index in [1.54, 1.807) is 12.1 Å². The normalized spacial score (nSPS) is 25.3. The Bertz CT molecular complexity index is 347. The number of hydrogen-bond donors (Lipinski definition) is 1. The van der Waals surface area contributed by atoms with Crippen LogP contribution in [-0.4, -0.2) is 29.7 Å². The monoisotopic (exact) mass is 220 g/mol. The first-order valence-corrected chi connectivity index (χ1v) is 5.65. The largest absolute Gasteiger partial charge is 0.390 e. The summed E-state index contributed by atoms with van der Waals surface area (Å²) in [5, 5.41) is 9.69. The van der Waals surface area contributed by atoms with E-state index in [2.05, 4.69) is 0 Å². The standard InChI is InChI=1S/C13H16O3/c14-11-7-4-8-16-13(11)9-12(15)10-5-2-1-3-6-10/h1-3,5-6,11,13-14H,4,7-9H2/t11-,13+/m0/s1. The van der Waals surface area contributed by atoms with Crippen molar-refractivity contribution in [2.75, 3.05) is 6.61 Å². The zero-order valence-corrected chi connectivity index (χ0v) is 9.13. The van der Waals surface area contributed by atoms with Crippen molar-refractivity contribution in [1.29, 1.82) is 0 Å². The molecule has 0 bridgehead atoms. The third-order valence-electron chi connectivity index (χ3n) is 2.89. The molecule has 1 heterocycles. The Kier molecular flexibility index (Phi) is 3.70. The summed E-state index contributed by atoms with van der Waals surface area (Å²) in [7, 11) is 0. The molecule has 1 aliphatic heterocycles. The van der Waals surface area contributed by atoms with E-state index in [0.717, 1.165) is 12.8 Å². The molecule has 86 valence electrons. The van der Waals surface area contributed by atoms with Crippen molar-refractivity contribution in [3.05, 3.63) is 35.9 Å². The molecule has 2 rings (SSSR count). The van der Waals surface area contributed by atoms with Crippen LogP contribution in [-0.2, 0) is 4.74 Å². The van der Waals surface area contributed by atoms with Gasteiger partial charge in [0.1, 0.15) is 0 Å². The first-order chi connectivity index (χ1) is 7.77. The third kappa shape index (κ3) is 2.68. The van der Waals surface area contributed by atoms with Gasteiger partial charge < -0.3 is 9.84 Å². The topological polar surface area (TPSA) is 46.5 Å². The molecule has 0 amide bonds. The first-order valence-electron chi connectivity index (χ1n) is 5.65. The second-order valence-electron chi connectivity index (χ2n) is 4.11. The Balaban J connectivity index is 1.96. The molecule has 0 spiro atoms. The fraction of sp³-hybridized carbons (Fsp3) is 0.462. The molecular formula is C13H16O3. The number of aliphatic hydroxyl groups excluding tert-OH is 1. The SMILES string of the molecule is O=C(C[C@H]1OCCC[C@@H]1O)c1ccccc1. The highest BCUT2D eigenvalue weighted by molar-refractivity contribution is 5.96. The lowest BCUT2D eigenvalue weighted by Gasteiger charge is -2.27. The van der Waals surface area contributed by atoms with Gasteiger partial charge in [-0.15, -0.1) is 0 Å². The summed E-state index contributed by atoms with van der Waals surface area (Å²) in [5.41, 5.74) is 0.684. The van der Waals surface area contributed by atoms with Gasteiger partial charge in [-0.2, -0.15) is 0 Å². The molecule has 2 atom stereocenters. The van der Waals surface area contributed by atoms with Gasteiger partial charge in [-0.05, 0) is 12.8 Å². The molecule has 1 saturated heterocycles. The Morgan fingerprint density at radius 1 is 1.38 bits per heavy atom. The van der Waals surface area contributed by atoms with E-state index in [1.807, 2.05) is 18.2 Å². The van der Waals surface area contributed by atoms with Gasteiger partial charge in [-0.1, -0.05) is 30.3 Å². The molecule has 3 heteroatoms. The van der Waals surface area contributed by atoms with Crippen molar-refractivity contribution >= 4 is 5.78 Å². The molecule has 1 N–H and O–H groups in total. The van der Waals surface area contributed by atoms with Gasteiger partial charge in [-0.25, -0.2) is 0 Å². The predicted octanol–water partition coefficient (Wildman–Crippen LogP) is 1.80. The first kappa shape index (κ1) is 11.3. The van der Waals surface area contributed by atoms with E-state index in [4.69, 9.17) is 4.74 Å². The Hall–Kier alpha value is -1.19. The third-order valence-corrected chi connectivity index (χ3v) is 2.89. The Morgan fingerprint density at radius 3 is 2.81 bits per heavy atom. The van der Waals surface area contributed by atoms with Gasteiger partial charge in [0, 0.05) is 18.6 Å².